The van der Waals surface area contributed by atoms with E-state index in [0.29, 0.717) is 12.5 Å². The number of aromatic nitrogens is 1. The summed E-state index contributed by atoms with van der Waals surface area (Å²) in [5.41, 5.74) is 8.93. The molecule has 2 aromatic rings. The van der Waals surface area contributed by atoms with Crippen molar-refractivity contribution < 1.29 is 4.79 Å². The number of hydrogen-bond donors (Lipinski definition) is 3. The Balaban J connectivity index is 1.99. The monoisotopic (exact) mass is 287 g/mol. The Labute approximate surface area is 126 Å². The number of carbonyl (C=O) groups excluding carboxylic acids is 1. The predicted octanol–water partition coefficient (Wildman–Crippen LogP) is 2.86. The average molecular weight is 287 g/mol. The Morgan fingerprint density at radius 3 is 2.71 bits per heavy atom. The van der Waals surface area contributed by atoms with Gasteiger partial charge in [-0.2, -0.15) is 0 Å². The van der Waals surface area contributed by atoms with E-state index in [2.05, 4.69) is 48.4 Å². The molecule has 0 saturated carbocycles. The Kier molecular flexibility index (Phi) is 5.02. The highest BCUT2D eigenvalue weighted by atomic mass is 16.1. The van der Waals surface area contributed by atoms with Crippen molar-refractivity contribution in [1.29, 1.82) is 0 Å². The molecule has 0 saturated heterocycles. The van der Waals surface area contributed by atoms with Gasteiger partial charge in [0.15, 0.2) is 0 Å². The number of rotatable bonds is 7. The van der Waals surface area contributed by atoms with Crippen LogP contribution in [-0.2, 0) is 11.3 Å². The van der Waals surface area contributed by atoms with E-state index >= 15 is 0 Å². The van der Waals surface area contributed by atoms with Crippen LogP contribution < -0.4 is 11.1 Å². The number of amides is 1. The Morgan fingerprint density at radius 1 is 1.29 bits per heavy atom. The van der Waals surface area contributed by atoms with Crippen LogP contribution in [0.5, 0.6) is 0 Å². The van der Waals surface area contributed by atoms with Gasteiger partial charge in [0.2, 0.25) is 5.91 Å². The van der Waals surface area contributed by atoms with E-state index in [-0.39, 0.29) is 11.9 Å². The molecule has 4 N–H and O–H groups in total. The largest absolute Gasteiger partial charge is 0.368 e. The number of nitrogens with two attached hydrogens (primary N) is 1. The van der Waals surface area contributed by atoms with Crippen LogP contribution in [0.15, 0.2) is 24.3 Å². The molecule has 4 heteroatoms. The fourth-order valence-corrected chi connectivity index (χ4v) is 2.52. The molecule has 0 aliphatic rings. The van der Waals surface area contributed by atoms with E-state index in [1.807, 2.05) is 6.92 Å². The number of fused-ring (bicyclic) bond motifs is 1. The van der Waals surface area contributed by atoms with Gasteiger partial charge in [0.25, 0.3) is 0 Å². The minimum absolute atomic E-state index is 0.254. The second-order valence-corrected chi connectivity index (χ2v) is 6.18. The third-order valence-corrected chi connectivity index (χ3v) is 3.75. The van der Waals surface area contributed by atoms with Gasteiger partial charge in [0.1, 0.15) is 0 Å². The summed E-state index contributed by atoms with van der Waals surface area (Å²) in [6.45, 7) is 7.01. The van der Waals surface area contributed by atoms with Crippen LogP contribution in [0.4, 0.5) is 0 Å². The van der Waals surface area contributed by atoms with Crippen LogP contribution in [0.3, 0.4) is 0 Å². The second kappa shape index (κ2) is 6.76. The van der Waals surface area contributed by atoms with E-state index in [1.165, 1.54) is 5.39 Å². The van der Waals surface area contributed by atoms with Gasteiger partial charge in [-0.25, -0.2) is 0 Å². The molecule has 1 atom stereocenters. The first-order valence-corrected chi connectivity index (χ1v) is 7.56. The van der Waals surface area contributed by atoms with E-state index in [0.717, 1.165) is 29.6 Å². The summed E-state index contributed by atoms with van der Waals surface area (Å²) >= 11 is 0. The average Bonchev–Trinajstić information content (AvgIpc) is 2.77. The number of aryl methyl sites for hydroxylation is 1. The van der Waals surface area contributed by atoms with Crippen LogP contribution >= 0.6 is 0 Å². The second-order valence-electron chi connectivity index (χ2n) is 6.18. The van der Waals surface area contributed by atoms with Gasteiger partial charge in [-0.3, -0.25) is 4.79 Å². The standard InChI is InChI=1S/C17H25N3O/c1-11(2)4-6-16(17(18)21)19-10-13-5-7-15-14(9-13)8-12(3)20-15/h5,7-9,11,16,19-20H,4,6,10H2,1-3H3,(H2,18,21)/t16-/m1/s1. The number of benzene rings is 1. The van der Waals surface area contributed by atoms with Crippen LogP contribution in [0.2, 0.25) is 0 Å². The molecule has 0 aliphatic carbocycles. The molecule has 1 amide bonds. The molecule has 0 aliphatic heterocycles. The number of primary amides is 1. The first-order valence-electron chi connectivity index (χ1n) is 7.56. The van der Waals surface area contributed by atoms with Crippen molar-refractivity contribution in [2.45, 2.75) is 46.2 Å². The highest BCUT2D eigenvalue weighted by Gasteiger charge is 2.15. The zero-order chi connectivity index (χ0) is 15.4. The summed E-state index contributed by atoms with van der Waals surface area (Å²) < 4.78 is 0. The summed E-state index contributed by atoms with van der Waals surface area (Å²) in [7, 11) is 0. The zero-order valence-corrected chi connectivity index (χ0v) is 13.1. The molecular weight excluding hydrogens is 262 g/mol. The van der Waals surface area contributed by atoms with Crippen molar-refractivity contribution in [3.05, 3.63) is 35.5 Å². The highest BCUT2D eigenvalue weighted by molar-refractivity contribution is 5.81. The molecular formula is C17H25N3O. The van der Waals surface area contributed by atoms with Crippen LogP contribution in [0, 0.1) is 12.8 Å². The maximum atomic E-state index is 11.5. The number of hydrogen-bond acceptors (Lipinski definition) is 2. The summed E-state index contributed by atoms with van der Waals surface area (Å²) in [4.78, 5) is 14.8. The van der Waals surface area contributed by atoms with Crippen molar-refractivity contribution in [2.24, 2.45) is 11.7 Å². The SMILES string of the molecule is Cc1cc2cc(CN[C@H](CCC(C)C)C(N)=O)ccc2[nH]1. The molecule has 21 heavy (non-hydrogen) atoms. The minimum atomic E-state index is -0.269. The van der Waals surface area contributed by atoms with Gasteiger partial charge in [-0.05, 0) is 54.8 Å². The Morgan fingerprint density at radius 2 is 2.05 bits per heavy atom. The maximum Gasteiger partial charge on any atom is 0.234 e. The lowest BCUT2D eigenvalue weighted by Crippen LogP contribution is -2.41. The predicted molar refractivity (Wildman–Crippen MR) is 86.9 cm³/mol. The molecule has 0 radical (unpaired) electrons. The smallest absolute Gasteiger partial charge is 0.234 e. The van der Waals surface area contributed by atoms with Crippen LogP contribution in [0.1, 0.15) is 37.9 Å². The van der Waals surface area contributed by atoms with Crippen molar-refractivity contribution in [3.63, 3.8) is 0 Å². The molecule has 0 spiro atoms. The lowest BCUT2D eigenvalue weighted by molar-refractivity contribution is -0.120. The number of aromatic amines is 1. The van der Waals surface area contributed by atoms with Crippen molar-refractivity contribution in [1.82, 2.24) is 10.3 Å². The van der Waals surface area contributed by atoms with Crippen molar-refractivity contribution in [2.75, 3.05) is 0 Å². The van der Waals surface area contributed by atoms with Gasteiger partial charge < -0.3 is 16.0 Å². The van der Waals surface area contributed by atoms with Gasteiger partial charge >= 0.3 is 0 Å². The summed E-state index contributed by atoms with van der Waals surface area (Å²) in [6, 6.07) is 8.17. The molecule has 4 nitrogen and oxygen atoms in total. The van der Waals surface area contributed by atoms with Crippen molar-refractivity contribution >= 4 is 16.8 Å². The number of nitrogens with one attached hydrogen (secondary N) is 2. The lowest BCUT2D eigenvalue weighted by atomic mass is 10.0. The molecule has 2 rings (SSSR count). The maximum absolute atomic E-state index is 11.5. The highest BCUT2D eigenvalue weighted by Crippen LogP contribution is 2.17. The van der Waals surface area contributed by atoms with E-state index in [9.17, 15) is 4.79 Å². The fourth-order valence-electron chi connectivity index (χ4n) is 2.52. The van der Waals surface area contributed by atoms with Crippen molar-refractivity contribution in [3.8, 4) is 0 Å². The molecule has 1 aromatic carbocycles. The van der Waals surface area contributed by atoms with E-state index < -0.39 is 0 Å². The third kappa shape index (κ3) is 4.33. The van der Waals surface area contributed by atoms with E-state index in [1.54, 1.807) is 0 Å². The normalized spacial score (nSPS) is 13.0. The molecule has 0 unspecified atom stereocenters. The van der Waals surface area contributed by atoms with Gasteiger partial charge in [0, 0.05) is 17.8 Å². The number of carbonyl (C=O) groups is 1. The first kappa shape index (κ1) is 15.6. The molecule has 1 aromatic heterocycles. The zero-order valence-electron chi connectivity index (χ0n) is 13.1. The Hall–Kier alpha value is -1.81. The molecule has 1 heterocycles. The molecule has 0 bridgehead atoms. The van der Waals surface area contributed by atoms with E-state index in [4.69, 9.17) is 5.73 Å². The number of H-pyrrole nitrogens is 1. The van der Waals surface area contributed by atoms with Gasteiger partial charge in [-0.15, -0.1) is 0 Å². The topological polar surface area (TPSA) is 70.9 Å². The quantitative estimate of drug-likeness (QED) is 0.733. The van der Waals surface area contributed by atoms with Crippen LogP contribution in [0.25, 0.3) is 10.9 Å². The summed E-state index contributed by atoms with van der Waals surface area (Å²) in [6.07, 6.45) is 1.79. The van der Waals surface area contributed by atoms with Gasteiger partial charge in [-0.1, -0.05) is 19.9 Å². The summed E-state index contributed by atoms with van der Waals surface area (Å²) in [5, 5.41) is 4.48. The lowest BCUT2D eigenvalue weighted by Gasteiger charge is -2.16. The fraction of sp³-hybridized carbons (Fsp3) is 0.471. The van der Waals surface area contributed by atoms with Gasteiger partial charge in [0.05, 0.1) is 6.04 Å². The van der Waals surface area contributed by atoms with Crippen LogP contribution in [-0.4, -0.2) is 16.9 Å². The minimum Gasteiger partial charge on any atom is -0.368 e. The molecule has 114 valence electrons. The molecule has 0 fully saturated rings. The Bertz CT molecular complexity index is 616. The third-order valence-electron chi connectivity index (χ3n) is 3.75. The summed E-state index contributed by atoms with van der Waals surface area (Å²) in [5.74, 6) is 0.307. The first-order chi connectivity index (χ1) is 9.95.